The van der Waals surface area contributed by atoms with Gasteiger partial charge in [-0.05, 0) is 239 Å². The fourth-order valence-electron chi connectivity index (χ4n) is 12.7. The van der Waals surface area contributed by atoms with Crippen LogP contribution in [-0.2, 0) is 48.0 Å². The number of thioether (sulfide) groups is 3. The van der Waals surface area contributed by atoms with E-state index in [9.17, 15) is 55.1 Å². The second-order valence-electron chi connectivity index (χ2n) is 24.9. The second kappa shape index (κ2) is 33.8. The van der Waals surface area contributed by atoms with E-state index in [2.05, 4.69) is 44.6 Å². The smallest absolute Gasteiger partial charge is 0.225 e. The number of Topliss-reactive ketones (excluding diaryl/α,β-unsaturated/α-hetero) is 3. The molecule has 6 fully saturated rings. The minimum absolute atomic E-state index is 0.0344. The third-order valence-electron chi connectivity index (χ3n) is 18.1. The number of allylic oxidation sites excluding steroid dienone is 3. The van der Waals surface area contributed by atoms with Gasteiger partial charge in [0.2, 0.25) is 33.2 Å². The Hall–Kier alpha value is -8.55. The Labute approximate surface area is 576 Å². The molecule has 0 unspecified atom stereocenters. The van der Waals surface area contributed by atoms with Gasteiger partial charge in [-0.1, -0.05) is 18.2 Å². The SMILES string of the molecule is O=C1CC(=O)/C(=C/c2ccnc(N3CCC(CCCc4ccc(F)c(F)c4F)CC3)n2)S1.O=C1CC(=O)/C(=C/c2ccnc(N3CCC(CCCc4ccc(F)cc4-c4ccco4)CC3)n2)S1.O=C1CC(=O)/C(=C/c2ccnc(N3CCC(CCCc4ccc(F)cc4F)CC3)n2)S1. The fraction of sp³-hybridized carbons (Fsp3) is 0.370. The highest BCUT2D eigenvalue weighted by Gasteiger charge is 2.30. The number of aromatic nitrogens is 6. The minimum atomic E-state index is -1.41. The summed E-state index contributed by atoms with van der Waals surface area (Å²) >= 11 is 2.92. The van der Waals surface area contributed by atoms with Gasteiger partial charge in [0.25, 0.3) is 0 Å². The zero-order valence-electron chi connectivity index (χ0n) is 53.6. The molecule has 6 saturated heterocycles. The van der Waals surface area contributed by atoms with Crippen molar-refractivity contribution in [3.05, 3.63) is 187 Å². The number of furan rings is 1. The molecule has 6 aliphatic rings. The first-order valence-corrected chi connectivity index (χ1v) is 35.4. The van der Waals surface area contributed by atoms with E-state index in [-0.39, 0.29) is 63.3 Å². The van der Waals surface area contributed by atoms with E-state index in [0.29, 0.717) is 98.0 Å². The van der Waals surface area contributed by atoms with Crippen molar-refractivity contribution in [2.24, 2.45) is 17.8 Å². The first-order valence-electron chi connectivity index (χ1n) is 32.9. The van der Waals surface area contributed by atoms with Crippen LogP contribution in [0.4, 0.5) is 44.2 Å². The topological polar surface area (TPSA) is 203 Å². The summed E-state index contributed by atoms with van der Waals surface area (Å²) in [4.78, 5) is 104. The molecular formula is C73H71F6N9O7S3. The van der Waals surface area contributed by atoms with Crippen LogP contribution in [-0.4, -0.2) is 102 Å². The number of rotatable bonds is 19. The number of aryl methyl sites for hydroxylation is 3. The third kappa shape index (κ3) is 19.4. The molecule has 4 aromatic heterocycles. The number of benzene rings is 3. The minimum Gasteiger partial charge on any atom is -0.464 e. The van der Waals surface area contributed by atoms with Crippen LogP contribution < -0.4 is 14.7 Å². The largest absolute Gasteiger partial charge is 0.464 e. The summed E-state index contributed by atoms with van der Waals surface area (Å²) in [5.41, 5.74) is 4.59. The van der Waals surface area contributed by atoms with Gasteiger partial charge in [-0.3, -0.25) is 28.8 Å². The summed E-state index contributed by atoms with van der Waals surface area (Å²) in [5, 5.41) is -0.395. The molecule has 0 aliphatic carbocycles. The Kier molecular flexibility index (Phi) is 24.4. The van der Waals surface area contributed by atoms with Crippen molar-refractivity contribution in [2.75, 3.05) is 54.0 Å². The van der Waals surface area contributed by atoms with Crippen LogP contribution in [0.2, 0.25) is 0 Å². The van der Waals surface area contributed by atoms with E-state index in [4.69, 9.17) is 4.42 Å². The average molecular weight is 1400 g/mol. The van der Waals surface area contributed by atoms with Crippen LogP contribution in [0.3, 0.4) is 0 Å². The van der Waals surface area contributed by atoms with Gasteiger partial charge in [-0.25, -0.2) is 56.2 Å². The number of halogens is 6. The predicted molar refractivity (Wildman–Crippen MR) is 367 cm³/mol. The van der Waals surface area contributed by atoms with Crippen LogP contribution in [0.25, 0.3) is 29.6 Å². The van der Waals surface area contributed by atoms with Crippen LogP contribution in [0.15, 0.2) is 123 Å². The maximum Gasteiger partial charge on any atom is 0.225 e. The Morgan fingerprint density at radius 2 is 0.827 bits per heavy atom. The van der Waals surface area contributed by atoms with E-state index >= 15 is 0 Å². The highest BCUT2D eigenvalue weighted by atomic mass is 32.2. The van der Waals surface area contributed by atoms with Crippen molar-refractivity contribution in [1.29, 1.82) is 0 Å². The van der Waals surface area contributed by atoms with Gasteiger partial charge in [-0.2, -0.15) is 0 Å². The third-order valence-corrected chi connectivity index (χ3v) is 20.9. The second-order valence-corrected chi connectivity index (χ2v) is 28.2. The van der Waals surface area contributed by atoms with Crippen LogP contribution in [0.1, 0.15) is 130 Å². The number of hydrogen-bond donors (Lipinski definition) is 0. The maximum absolute atomic E-state index is 13.8. The molecule has 0 radical (unpaired) electrons. The Balaban J connectivity index is 0.000000149. The molecule has 10 heterocycles. The lowest BCUT2D eigenvalue weighted by molar-refractivity contribution is -0.120. The van der Waals surface area contributed by atoms with E-state index in [1.165, 1.54) is 24.3 Å². The number of anilines is 3. The first kappa shape index (κ1) is 70.8. The van der Waals surface area contributed by atoms with Crippen molar-refractivity contribution >= 4 is 104 Å². The maximum atomic E-state index is 13.8. The standard InChI is InChI=1S/C27H26FN3O3S.C23H22F3N3O2S.C23H23F2N3O2S/c28-20-7-6-19(22(15-20)24-5-2-14-34-24)4-1-3-18-9-12-31(13-10-18)27-29-11-8-21(30-27)16-25-23(32)17-26(33)35-25;24-17-5-4-15(21(25)22(17)26)3-1-2-14-7-10-29(11-8-14)23-27-9-6-16(28-23)12-19-18(30)13-20(31)32-19;24-17-5-4-16(19(25)12-17)3-1-2-15-7-10-28(11-8-15)23-26-9-6-18(27-23)13-21-20(29)14-22(30)31-21/h2,5-8,11,14-16,18H,1,3-4,9-10,12-13,17H2;4-6,9,12,14H,1-3,7-8,10-11,13H2;4-6,9,12-13,15H,1-3,7-8,10-11,14H2/b25-16-;19-12-;21-13-. The van der Waals surface area contributed by atoms with Crippen molar-refractivity contribution < 1.29 is 59.5 Å². The lowest BCUT2D eigenvalue weighted by Gasteiger charge is -2.32. The zero-order valence-corrected chi connectivity index (χ0v) is 56.1. The lowest BCUT2D eigenvalue weighted by atomic mass is 9.90. The number of carbonyl (C=O) groups is 6. The van der Waals surface area contributed by atoms with Crippen molar-refractivity contribution in [2.45, 2.75) is 116 Å². The monoisotopic (exact) mass is 1400 g/mol. The van der Waals surface area contributed by atoms with Crippen LogP contribution in [0, 0.1) is 52.7 Å². The summed E-state index contributed by atoms with van der Waals surface area (Å²) in [6.45, 7) is 4.98. The molecule has 0 spiro atoms. The van der Waals surface area contributed by atoms with E-state index in [1.54, 1.807) is 67.3 Å². The summed E-state index contributed by atoms with van der Waals surface area (Å²) in [6, 6.07) is 19.9. The molecule has 0 N–H and O–H groups in total. The van der Waals surface area contributed by atoms with Gasteiger partial charge >= 0.3 is 0 Å². The summed E-state index contributed by atoms with van der Waals surface area (Å²) < 4.78 is 86.3. The quantitative estimate of drug-likeness (QED) is 0.0320. The average Bonchev–Trinajstić information content (AvgIpc) is 1.29. The summed E-state index contributed by atoms with van der Waals surface area (Å²) in [5.74, 6) is -1.17. The zero-order chi connectivity index (χ0) is 68.7. The van der Waals surface area contributed by atoms with Crippen molar-refractivity contribution in [1.82, 2.24) is 29.9 Å². The number of hydrogen-bond acceptors (Lipinski definition) is 19. The van der Waals surface area contributed by atoms with Crippen LogP contribution in [0.5, 0.6) is 0 Å². The Morgan fingerprint density at radius 1 is 0.439 bits per heavy atom. The Bertz CT molecular complexity index is 4170. The molecule has 510 valence electrons. The van der Waals surface area contributed by atoms with E-state index < -0.39 is 29.1 Å². The fourth-order valence-corrected chi connectivity index (χ4v) is 15.2. The first-order chi connectivity index (χ1) is 47.4. The predicted octanol–water partition coefficient (Wildman–Crippen LogP) is 15.0. The molecular weight excluding hydrogens is 1330 g/mol. The van der Waals surface area contributed by atoms with Crippen molar-refractivity contribution in [3.8, 4) is 11.3 Å². The number of carbonyl (C=O) groups excluding carboxylic acids is 6. The Morgan fingerprint density at radius 3 is 1.21 bits per heavy atom. The molecule has 13 rings (SSSR count). The highest BCUT2D eigenvalue weighted by molar-refractivity contribution is 8.19. The van der Waals surface area contributed by atoms with Crippen LogP contribution >= 0.6 is 35.3 Å². The molecule has 16 nitrogen and oxygen atoms in total. The highest BCUT2D eigenvalue weighted by Crippen LogP contribution is 2.36. The van der Waals surface area contributed by atoms with E-state index in [1.807, 2.05) is 18.2 Å². The molecule has 7 aromatic rings. The van der Waals surface area contributed by atoms with Gasteiger partial charge in [0.15, 0.2) is 34.8 Å². The summed E-state index contributed by atoms with van der Waals surface area (Å²) in [7, 11) is 0. The molecule has 98 heavy (non-hydrogen) atoms. The molecule has 3 aromatic carbocycles. The molecule has 0 saturated carbocycles. The number of piperidine rings is 3. The lowest BCUT2D eigenvalue weighted by Crippen LogP contribution is -2.35. The molecule has 25 heteroatoms. The molecule has 0 atom stereocenters. The van der Waals surface area contributed by atoms with Gasteiger partial charge in [0, 0.05) is 69.5 Å². The van der Waals surface area contributed by atoms with E-state index in [0.717, 1.165) is 175 Å². The van der Waals surface area contributed by atoms with Gasteiger partial charge in [0.05, 0.1) is 57.3 Å². The van der Waals surface area contributed by atoms with Gasteiger partial charge in [-0.15, -0.1) is 0 Å². The van der Waals surface area contributed by atoms with Gasteiger partial charge in [0.1, 0.15) is 23.2 Å². The molecule has 0 amide bonds. The molecule has 0 bridgehead atoms. The number of ketones is 3. The summed E-state index contributed by atoms with van der Waals surface area (Å²) in [6.07, 6.45) is 24.9. The normalized spacial score (nSPS) is 18.6. The van der Waals surface area contributed by atoms with Crippen molar-refractivity contribution in [3.63, 3.8) is 0 Å². The number of nitrogens with zero attached hydrogens (tertiary/aromatic N) is 9. The molecule has 6 aliphatic heterocycles. The van der Waals surface area contributed by atoms with Gasteiger partial charge < -0.3 is 19.1 Å².